The van der Waals surface area contributed by atoms with E-state index in [9.17, 15) is 19.2 Å². The molecule has 0 saturated heterocycles. The number of nitrogens with one attached hydrogen (secondary N) is 4. The fourth-order valence-corrected chi connectivity index (χ4v) is 3.88. The maximum atomic E-state index is 11.9. The minimum absolute atomic E-state index is 0.00438. The summed E-state index contributed by atoms with van der Waals surface area (Å²) in [5, 5.41) is 1.73. The molecule has 0 atom stereocenters. The van der Waals surface area contributed by atoms with Gasteiger partial charge in [-0.15, -0.1) is 0 Å². The van der Waals surface area contributed by atoms with Crippen LogP contribution in [0.5, 0.6) is 11.5 Å². The molecule has 0 unspecified atom stereocenters. The standard InChI is InChI=1S/C25H28Cl4N4O6/c26-16-8-10-20(18(28)14-16)38-12-2-6-24(36)32-30-22(34)4-1-5-23(35)31-33-25(37)7-3-13-39-21-11-9-17(27)15-19(21)29/h8-11,14-15H,1-7,12-13H2,(H,30,34)(H,31,35)(H,32,36)(H,33,37). The SMILES string of the molecule is O=C(CCCOc1ccc(Cl)cc1Cl)NNC(=O)CCCC(=O)NNC(=O)CCCOc1ccc(Cl)cc1Cl. The van der Waals surface area contributed by atoms with Gasteiger partial charge in [0.15, 0.2) is 0 Å². The van der Waals surface area contributed by atoms with Crippen LogP contribution >= 0.6 is 46.4 Å². The Labute approximate surface area is 245 Å². The van der Waals surface area contributed by atoms with E-state index in [2.05, 4.69) is 21.7 Å². The minimum atomic E-state index is -0.454. The predicted octanol–water partition coefficient (Wildman–Crippen LogP) is 4.78. The number of rotatable bonds is 14. The number of benzene rings is 2. The van der Waals surface area contributed by atoms with Crippen molar-refractivity contribution in [1.29, 1.82) is 0 Å². The average Bonchev–Trinajstić information content (AvgIpc) is 2.88. The Balaban J connectivity index is 1.46. The molecule has 2 rings (SSSR count). The van der Waals surface area contributed by atoms with Crippen LogP contribution in [-0.2, 0) is 19.2 Å². The Morgan fingerprint density at radius 1 is 0.538 bits per heavy atom. The molecule has 0 spiro atoms. The van der Waals surface area contributed by atoms with Crippen molar-refractivity contribution in [2.45, 2.75) is 44.9 Å². The van der Waals surface area contributed by atoms with E-state index in [1.807, 2.05) is 0 Å². The molecule has 0 aliphatic heterocycles. The lowest BCUT2D eigenvalue weighted by atomic mass is 10.2. The van der Waals surface area contributed by atoms with E-state index in [0.29, 0.717) is 44.4 Å². The summed E-state index contributed by atoms with van der Waals surface area (Å²) in [5.74, 6) is -0.768. The summed E-state index contributed by atoms with van der Waals surface area (Å²) in [5.41, 5.74) is 9.17. The molecule has 0 aliphatic rings. The van der Waals surface area contributed by atoms with E-state index in [-0.39, 0.29) is 45.3 Å². The number of ether oxygens (including phenoxy) is 2. The van der Waals surface area contributed by atoms with Crippen LogP contribution in [0.2, 0.25) is 20.1 Å². The van der Waals surface area contributed by atoms with Gasteiger partial charge in [0.25, 0.3) is 0 Å². The zero-order valence-corrected chi connectivity index (χ0v) is 23.8. The maximum absolute atomic E-state index is 11.9. The van der Waals surface area contributed by atoms with Crippen molar-refractivity contribution < 1.29 is 28.7 Å². The second-order valence-electron chi connectivity index (χ2n) is 8.10. The highest BCUT2D eigenvalue weighted by Gasteiger charge is 2.09. The molecule has 0 radical (unpaired) electrons. The monoisotopic (exact) mass is 620 g/mol. The molecule has 0 saturated carbocycles. The van der Waals surface area contributed by atoms with Crippen molar-refractivity contribution in [3.63, 3.8) is 0 Å². The molecular formula is C25H28Cl4N4O6. The topological polar surface area (TPSA) is 135 Å². The van der Waals surface area contributed by atoms with Crippen LogP contribution in [0.4, 0.5) is 0 Å². The Morgan fingerprint density at radius 3 is 1.21 bits per heavy atom. The number of hydrogen-bond donors (Lipinski definition) is 4. The van der Waals surface area contributed by atoms with Gasteiger partial charge in [-0.25, -0.2) is 0 Å². The Bertz CT molecular complexity index is 1060. The summed E-state index contributed by atoms with van der Waals surface area (Å²) in [7, 11) is 0. The first-order valence-corrected chi connectivity index (χ1v) is 13.5. The summed E-state index contributed by atoms with van der Waals surface area (Å²) in [6, 6.07) is 9.67. The van der Waals surface area contributed by atoms with Crippen LogP contribution in [0.1, 0.15) is 44.9 Å². The first-order chi connectivity index (χ1) is 18.6. The molecule has 4 N–H and O–H groups in total. The van der Waals surface area contributed by atoms with Crippen molar-refractivity contribution in [2.24, 2.45) is 0 Å². The molecule has 2 aromatic rings. The number of carbonyl (C=O) groups is 4. The van der Waals surface area contributed by atoms with Crippen LogP contribution in [0.15, 0.2) is 36.4 Å². The highest BCUT2D eigenvalue weighted by atomic mass is 35.5. The van der Waals surface area contributed by atoms with Crippen molar-refractivity contribution >= 4 is 70.0 Å². The Morgan fingerprint density at radius 2 is 0.872 bits per heavy atom. The van der Waals surface area contributed by atoms with Crippen molar-refractivity contribution in [3.8, 4) is 11.5 Å². The third-order valence-corrected chi connectivity index (χ3v) is 5.95. The van der Waals surface area contributed by atoms with Gasteiger partial charge in [0.05, 0.1) is 23.3 Å². The predicted molar refractivity (Wildman–Crippen MR) is 149 cm³/mol. The van der Waals surface area contributed by atoms with Crippen molar-refractivity contribution in [1.82, 2.24) is 21.7 Å². The molecule has 14 heteroatoms. The number of hydrogen-bond acceptors (Lipinski definition) is 6. The number of amides is 4. The van der Waals surface area contributed by atoms with E-state index < -0.39 is 23.6 Å². The zero-order valence-electron chi connectivity index (χ0n) is 20.8. The molecule has 4 amide bonds. The van der Waals surface area contributed by atoms with Crippen LogP contribution in [0.3, 0.4) is 0 Å². The van der Waals surface area contributed by atoms with E-state index in [4.69, 9.17) is 55.9 Å². The zero-order chi connectivity index (χ0) is 28.6. The van der Waals surface area contributed by atoms with Gasteiger partial charge in [0, 0.05) is 35.7 Å². The van der Waals surface area contributed by atoms with Crippen molar-refractivity contribution in [3.05, 3.63) is 56.5 Å². The van der Waals surface area contributed by atoms with Crippen LogP contribution < -0.4 is 31.2 Å². The molecule has 0 aliphatic carbocycles. The Kier molecular flexibility index (Phi) is 14.6. The van der Waals surface area contributed by atoms with Crippen LogP contribution in [0.25, 0.3) is 0 Å². The Hall–Kier alpha value is -2.92. The largest absolute Gasteiger partial charge is 0.492 e. The molecular weight excluding hydrogens is 594 g/mol. The highest BCUT2D eigenvalue weighted by molar-refractivity contribution is 6.36. The molecule has 10 nitrogen and oxygen atoms in total. The molecule has 0 fully saturated rings. The molecule has 0 heterocycles. The van der Waals surface area contributed by atoms with E-state index in [1.165, 1.54) is 0 Å². The van der Waals surface area contributed by atoms with Gasteiger partial charge in [0.2, 0.25) is 23.6 Å². The lowest BCUT2D eigenvalue weighted by Gasteiger charge is -2.10. The van der Waals surface area contributed by atoms with Crippen LogP contribution in [-0.4, -0.2) is 36.8 Å². The maximum Gasteiger partial charge on any atom is 0.238 e. The molecule has 0 bridgehead atoms. The molecule has 212 valence electrons. The molecule has 39 heavy (non-hydrogen) atoms. The highest BCUT2D eigenvalue weighted by Crippen LogP contribution is 2.28. The lowest BCUT2D eigenvalue weighted by Crippen LogP contribution is -2.42. The second kappa shape index (κ2) is 17.6. The van der Waals surface area contributed by atoms with E-state index in [1.54, 1.807) is 36.4 Å². The minimum Gasteiger partial charge on any atom is -0.492 e. The summed E-state index contributed by atoms with van der Waals surface area (Å²) in [6.07, 6.45) is 1.26. The summed E-state index contributed by atoms with van der Waals surface area (Å²) in [4.78, 5) is 47.4. The number of hydrazine groups is 2. The van der Waals surface area contributed by atoms with Gasteiger partial charge >= 0.3 is 0 Å². The molecule has 0 aromatic heterocycles. The van der Waals surface area contributed by atoms with E-state index in [0.717, 1.165) is 0 Å². The quantitative estimate of drug-likeness (QED) is 0.177. The fraction of sp³-hybridized carbons (Fsp3) is 0.360. The van der Waals surface area contributed by atoms with Gasteiger partial charge in [-0.3, -0.25) is 40.9 Å². The van der Waals surface area contributed by atoms with E-state index >= 15 is 0 Å². The molecule has 2 aromatic carbocycles. The second-order valence-corrected chi connectivity index (χ2v) is 9.79. The van der Waals surface area contributed by atoms with Gasteiger partial charge in [-0.2, -0.15) is 0 Å². The summed E-state index contributed by atoms with van der Waals surface area (Å²) >= 11 is 23.7. The number of carbonyl (C=O) groups excluding carboxylic acids is 4. The first-order valence-electron chi connectivity index (χ1n) is 11.9. The third-order valence-electron chi connectivity index (χ3n) is 4.89. The normalized spacial score (nSPS) is 10.4. The smallest absolute Gasteiger partial charge is 0.238 e. The first kappa shape index (κ1) is 32.3. The van der Waals surface area contributed by atoms with Crippen LogP contribution in [0, 0.1) is 0 Å². The summed E-state index contributed by atoms with van der Waals surface area (Å²) < 4.78 is 11.0. The fourth-order valence-electron chi connectivity index (χ4n) is 2.95. The average molecular weight is 622 g/mol. The lowest BCUT2D eigenvalue weighted by molar-refractivity contribution is -0.130. The number of halogens is 4. The van der Waals surface area contributed by atoms with Gasteiger partial charge in [-0.05, 0) is 55.7 Å². The summed E-state index contributed by atoms with van der Waals surface area (Å²) in [6.45, 7) is 0.501. The van der Waals surface area contributed by atoms with Gasteiger partial charge in [0.1, 0.15) is 11.5 Å². The third kappa shape index (κ3) is 13.6. The van der Waals surface area contributed by atoms with Gasteiger partial charge in [-0.1, -0.05) is 46.4 Å². The van der Waals surface area contributed by atoms with Crippen molar-refractivity contribution in [2.75, 3.05) is 13.2 Å². The van der Waals surface area contributed by atoms with Gasteiger partial charge < -0.3 is 9.47 Å².